The van der Waals surface area contributed by atoms with Gasteiger partial charge in [0.15, 0.2) is 5.82 Å². The number of carbonyl (C=O) groups excluding carboxylic acids is 1. The van der Waals surface area contributed by atoms with Crippen molar-refractivity contribution in [2.45, 2.75) is 45.3 Å². The third-order valence-corrected chi connectivity index (χ3v) is 3.08. The lowest BCUT2D eigenvalue weighted by atomic mass is 10.2. The Morgan fingerprint density at radius 3 is 3.12 bits per heavy atom. The summed E-state index contributed by atoms with van der Waals surface area (Å²) in [6.07, 6.45) is 2.82. The van der Waals surface area contributed by atoms with Crippen molar-refractivity contribution >= 4 is 5.91 Å². The predicted molar refractivity (Wildman–Crippen MR) is 60.7 cm³/mol. The molecule has 0 spiro atoms. The van der Waals surface area contributed by atoms with Crippen LogP contribution >= 0.6 is 0 Å². The lowest BCUT2D eigenvalue weighted by molar-refractivity contribution is -0.122. The van der Waals surface area contributed by atoms with Gasteiger partial charge in [-0.1, -0.05) is 6.92 Å². The number of primary amides is 1. The highest BCUT2D eigenvalue weighted by Crippen LogP contribution is 2.18. The van der Waals surface area contributed by atoms with Gasteiger partial charge in [0.25, 0.3) is 0 Å². The average Bonchev–Trinajstić information content (AvgIpc) is 2.89. The van der Waals surface area contributed by atoms with Crippen LogP contribution in [0, 0.1) is 0 Å². The Hall–Kier alpha value is -1.50. The molecule has 17 heavy (non-hydrogen) atoms. The molecule has 2 heterocycles. The van der Waals surface area contributed by atoms with Crippen molar-refractivity contribution < 1.29 is 4.79 Å². The highest BCUT2D eigenvalue weighted by atomic mass is 16.1. The number of amides is 1. The van der Waals surface area contributed by atoms with Crippen molar-refractivity contribution in [2.24, 2.45) is 5.73 Å². The number of nitrogens with two attached hydrogens (primary N) is 1. The fourth-order valence-corrected chi connectivity index (χ4v) is 2.24. The molecular formula is C10H18N6O. The quantitative estimate of drug-likeness (QED) is 0.749. The van der Waals surface area contributed by atoms with Crippen molar-refractivity contribution in [3.8, 4) is 0 Å². The summed E-state index contributed by atoms with van der Waals surface area (Å²) in [6, 6.07) is -0.165. The van der Waals surface area contributed by atoms with E-state index >= 15 is 0 Å². The van der Waals surface area contributed by atoms with Crippen molar-refractivity contribution in [2.75, 3.05) is 6.54 Å². The Balaban J connectivity index is 2.04. The molecular weight excluding hydrogens is 220 g/mol. The maximum Gasteiger partial charge on any atom is 0.234 e. The highest BCUT2D eigenvalue weighted by Gasteiger charge is 2.29. The van der Waals surface area contributed by atoms with Gasteiger partial charge in [0.05, 0.1) is 12.6 Å². The van der Waals surface area contributed by atoms with Gasteiger partial charge in [0.2, 0.25) is 5.91 Å². The van der Waals surface area contributed by atoms with E-state index in [-0.39, 0.29) is 11.9 Å². The number of hydrogen-bond acceptors (Lipinski definition) is 5. The van der Waals surface area contributed by atoms with Crippen LogP contribution in [0.3, 0.4) is 0 Å². The van der Waals surface area contributed by atoms with Gasteiger partial charge in [0.1, 0.15) is 0 Å². The van der Waals surface area contributed by atoms with E-state index in [0.29, 0.717) is 6.54 Å². The third kappa shape index (κ3) is 2.60. The lowest BCUT2D eigenvalue weighted by Gasteiger charge is -2.20. The molecule has 2 N–H and O–H groups in total. The molecule has 0 aromatic carbocycles. The van der Waals surface area contributed by atoms with Crippen LogP contribution in [0.5, 0.6) is 0 Å². The van der Waals surface area contributed by atoms with Gasteiger partial charge in [-0.15, -0.1) is 5.10 Å². The Labute approximate surface area is 100.0 Å². The first kappa shape index (κ1) is 12.0. The van der Waals surface area contributed by atoms with Crippen molar-refractivity contribution in [1.82, 2.24) is 25.1 Å². The maximum absolute atomic E-state index is 11.3. The highest BCUT2D eigenvalue weighted by molar-refractivity contribution is 5.80. The van der Waals surface area contributed by atoms with Gasteiger partial charge in [-0.2, -0.15) is 0 Å². The number of tetrazole rings is 1. The number of aromatic nitrogens is 4. The van der Waals surface area contributed by atoms with Crippen molar-refractivity contribution in [3.05, 3.63) is 5.82 Å². The zero-order valence-electron chi connectivity index (χ0n) is 10.0. The smallest absolute Gasteiger partial charge is 0.234 e. The third-order valence-electron chi connectivity index (χ3n) is 3.08. The second-order valence-corrected chi connectivity index (χ2v) is 4.35. The minimum absolute atomic E-state index is 0.165. The van der Waals surface area contributed by atoms with E-state index in [4.69, 9.17) is 5.73 Å². The van der Waals surface area contributed by atoms with E-state index in [2.05, 4.69) is 27.3 Å². The second kappa shape index (κ2) is 5.22. The lowest BCUT2D eigenvalue weighted by Crippen LogP contribution is -2.40. The van der Waals surface area contributed by atoms with Crippen LogP contribution in [-0.4, -0.2) is 43.6 Å². The number of rotatable bonds is 5. The fourth-order valence-electron chi connectivity index (χ4n) is 2.24. The Morgan fingerprint density at radius 1 is 1.59 bits per heavy atom. The van der Waals surface area contributed by atoms with Gasteiger partial charge in [-0.05, 0) is 36.2 Å². The molecule has 1 aliphatic rings. The first-order chi connectivity index (χ1) is 8.22. The summed E-state index contributed by atoms with van der Waals surface area (Å²) in [5, 5.41) is 11.6. The van der Waals surface area contributed by atoms with E-state index in [1.807, 2.05) is 0 Å². The van der Waals surface area contributed by atoms with Crippen LogP contribution in [-0.2, 0) is 17.9 Å². The largest absolute Gasteiger partial charge is 0.368 e. The summed E-state index contributed by atoms with van der Waals surface area (Å²) in [7, 11) is 0. The maximum atomic E-state index is 11.3. The van der Waals surface area contributed by atoms with Crippen molar-refractivity contribution in [3.63, 3.8) is 0 Å². The molecule has 0 saturated carbocycles. The minimum Gasteiger partial charge on any atom is -0.368 e. The molecule has 1 atom stereocenters. The van der Waals surface area contributed by atoms with Crippen LogP contribution in [0.2, 0.25) is 0 Å². The van der Waals surface area contributed by atoms with Crippen molar-refractivity contribution in [1.29, 1.82) is 0 Å². The van der Waals surface area contributed by atoms with Crippen LogP contribution in [0.15, 0.2) is 0 Å². The average molecular weight is 238 g/mol. The topological polar surface area (TPSA) is 89.9 Å². The molecule has 2 rings (SSSR count). The van der Waals surface area contributed by atoms with Gasteiger partial charge in [0, 0.05) is 6.54 Å². The Bertz CT molecular complexity index is 390. The number of nitrogens with zero attached hydrogens (tertiary/aromatic N) is 5. The predicted octanol–water partition coefficient (Wildman–Crippen LogP) is -0.467. The number of hydrogen-bond donors (Lipinski definition) is 1. The summed E-state index contributed by atoms with van der Waals surface area (Å²) in [5.41, 5.74) is 5.37. The minimum atomic E-state index is -0.253. The fraction of sp³-hybridized carbons (Fsp3) is 0.800. The summed E-state index contributed by atoms with van der Waals surface area (Å²) in [6.45, 7) is 4.36. The SMILES string of the molecule is CCCn1nnnc1CN1CCCC1C(N)=O. The first-order valence-electron chi connectivity index (χ1n) is 6.00. The number of likely N-dealkylation sites (tertiary alicyclic amines) is 1. The van der Waals surface area contributed by atoms with E-state index < -0.39 is 0 Å². The summed E-state index contributed by atoms with van der Waals surface area (Å²) in [5.74, 6) is 0.553. The van der Waals surface area contributed by atoms with E-state index in [1.165, 1.54) is 0 Å². The summed E-state index contributed by atoms with van der Waals surface area (Å²) in [4.78, 5) is 13.3. The Kier molecular flexibility index (Phi) is 3.68. The molecule has 1 fully saturated rings. The number of carbonyl (C=O) groups is 1. The normalized spacial score (nSPS) is 20.9. The molecule has 0 aliphatic carbocycles. The molecule has 1 amide bonds. The Morgan fingerprint density at radius 2 is 2.41 bits per heavy atom. The molecule has 1 unspecified atom stereocenters. The standard InChI is InChI=1S/C10H18N6O/c1-2-5-16-9(12-13-14-16)7-15-6-3-4-8(15)10(11)17/h8H,2-7H2,1H3,(H2,11,17). The zero-order valence-corrected chi connectivity index (χ0v) is 10.0. The van der Waals surface area contributed by atoms with Crippen LogP contribution in [0.25, 0.3) is 0 Å². The van der Waals surface area contributed by atoms with E-state index in [1.54, 1.807) is 4.68 Å². The molecule has 0 radical (unpaired) electrons. The van der Waals surface area contributed by atoms with Crippen LogP contribution in [0.4, 0.5) is 0 Å². The molecule has 7 heteroatoms. The monoisotopic (exact) mass is 238 g/mol. The summed E-state index contributed by atoms with van der Waals surface area (Å²) >= 11 is 0. The van der Waals surface area contributed by atoms with Gasteiger partial charge < -0.3 is 5.73 Å². The van der Waals surface area contributed by atoms with Crippen LogP contribution in [0.1, 0.15) is 32.0 Å². The molecule has 1 saturated heterocycles. The van der Waals surface area contributed by atoms with Crippen LogP contribution < -0.4 is 5.73 Å². The molecule has 1 aromatic heterocycles. The molecule has 1 aromatic rings. The van der Waals surface area contributed by atoms with Gasteiger partial charge in [-0.25, -0.2) is 4.68 Å². The molecule has 1 aliphatic heterocycles. The second-order valence-electron chi connectivity index (χ2n) is 4.35. The van der Waals surface area contributed by atoms with E-state index in [0.717, 1.165) is 38.2 Å². The molecule has 7 nitrogen and oxygen atoms in total. The molecule has 94 valence electrons. The van der Waals surface area contributed by atoms with Gasteiger partial charge in [-0.3, -0.25) is 9.69 Å². The van der Waals surface area contributed by atoms with E-state index in [9.17, 15) is 4.79 Å². The molecule has 0 bridgehead atoms. The number of aryl methyl sites for hydroxylation is 1. The van der Waals surface area contributed by atoms with Gasteiger partial charge >= 0.3 is 0 Å². The summed E-state index contributed by atoms with van der Waals surface area (Å²) < 4.78 is 1.79. The zero-order chi connectivity index (χ0) is 12.3. The first-order valence-corrected chi connectivity index (χ1v) is 6.00.